The van der Waals surface area contributed by atoms with Crippen LogP contribution in [0.5, 0.6) is 0 Å². The molecule has 2 aliphatic rings. The SMILES string of the molecule is CC(=O)N[C@@H]1C(=O)N2C(C(=O)OCC(Cl)(Cl)Cl)=C(C)[C@@H](CC(=O)OC(C)(C)C)S(=O)[C@H]12. The zero-order valence-corrected chi connectivity index (χ0v) is 20.6. The Morgan fingerprint density at radius 2 is 1.77 bits per heavy atom. The summed E-state index contributed by atoms with van der Waals surface area (Å²) in [6, 6.07) is -1.11. The van der Waals surface area contributed by atoms with Gasteiger partial charge < -0.3 is 14.8 Å². The van der Waals surface area contributed by atoms with Crippen LogP contribution >= 0.6 is 34.8 Å². The number of nitrogens with zero attached hydrogens (tertiary/aromatic N) is 1. The van der Waals surface area contributed by atoms with E-state index in [2.05, 4.69) is 5.32 Å². The lowest BCUT2D eigenvalue weighted by molar-refractivity contribution is -0.155. The molecule has 1 fully saturated rings. The van der Waals surface area contributed by atoms with Crippen molar-refractivity contribution in [1.29, 1.82) is 0 Å². The number of ether oxygens (including phenoxy) is 2. The molecular weight excluding hydrogens is 495 g/mol. The van der Waals surface area contributed by atoms with Crippen LogP contribution in [0.15, 0.2) is 11.3 Å². The van der Waals surface area contributed by atoms with Gasteiger partial charge in [-0.2, -0.15) is 0 Å². The van der Waals surface area contributed by atoms with E-state index in [9.17, 15) is 23.4 Å². The molecule has 1 unspecified atom stereocenters. The van der Waals surface area contributed by atoms with E-state index >= 15 is 0 Å². The minimum absolute atomic E-state index is 0.195. The second-order valence-corrected chi connectivity index (χ2v) is 12.3. The van der Waals surface area contributed by atoms with Crippen molar-refractivity contribution in [3.05, 3.63) is 11.3 Å². The first-order valence-corrected chi connectivity index (χ1v) is 11.6. The molecule has 1 saturated heterocycles. The summed E-state index contributed by atoms with van der Waals surface area (Å²) in [5.74, 6) is -2.75. The molecule has 2 amide bonds. The van der Waals surface area contributed by atoms with Crippen molar-refractivity contribution in [3.63, 3.8) is 0 Å². The maximum Gasteiger partial charge on any atom is 0.355 e. The summed E-state index contributed by atoms with van der Waals surface area (Å²) in [6.07, 6.45) is -0.303. The summed E-state index contributed by atoms with van der Waals surface area (Å²) in [4.78, 5) is 50.2. The number of carbonyl (C=O) groups is 4. The number of hydrogen-bond donors (Lipinski definition) is 1. The molecule has 9 nitrogen and oxygen atoms in total. The van der Waals surface area contributed by atoms with E-state index in [0.717, 1.165) is 4.90 Å². The van der Waals surface area contributed by atoms with Crippen LogP contribution in [0.2, 0.25) is 0 Å². The summed E-state index contributed by atoms with van der Waals surface area (Å²) in [5.41, 5.74) is -0.767. The van der Waals surface area contributed by atoms with E-state index in [0.29, 0.717) is 0 Å². The highest BCUT2D eigenvalue weighted by Crippen LogP contribution is 2.40. The topological polar surface area (TPSA) is 119 Å². The lowest BCUT2D eigenvalue weighted by Crippen LogP contribution is -2.74. The standard InChI is InChI=1S/C18H23Cl3N2O7S/c1-8-10(6-11(25)30-17(3,4)5)31(28)15-12(22-9(2)24)14(26)23(15)13(8)16(27)29-7-18(19,20)21/h10,12,15H,6-7H2,1-5H3,(H,22,24)/t10-,12-,15-,31?/m1/s1. The number of hydrogen-bond acceptors (Lipinski definition) is 7. The van der Waals surface area contributed by atoms with Gasteiger partial charge in [-0.15, -0.1) is 0 Å². The van der Waals surface area contributed by atoms with Gasteiger partial charge >= 0.3 is 11.9 Å². The highest BCUT2D eigenvalue weighted by atomic mass is 35.6. The van der Waals surface area contributed by atoms with Gasteiger partial charge in [0, 0.05) is 6.92 Å². The zero-order valence-electron chi connectivity index (χ0n) is 17.5. The Morgan fingerprint density at radius 1 is 1.19 bits per heavy atom. The number of esters is 2. The smallest absolute Gasteiger partial charge is 0.355 e. The van der Waals surface area contributed by atoms with Gasteiger partial charge in [-0.05, 0) is 33.3 Å². The van der Waals surface area contributed by atoms with Gasteiger partial charge in [0.25, 0.3) is 5.91 Å². The summed E-state index contributed by atoms with van der Waals surface area (Å²) in [5, 5.41) is 0.423. The molecule has 0 saturated carbocycles. The Kier molecular flexibility index (Phi) is 7.73. The van der Waals surface area contributed by atoms with Gasteiger partial charge in [0.05, 0.1) is 22.5 Å². The summed E-state index contributed by atoms with van der Waals surface area (Å²) in [7, 11) is -1.82. The second kappa shape index (κ2) is 9.25. The van der Waals surface area contributed by atoms with Crippen molar-refractivity contribution < 1.29 is 32.9 Å². The maximum atomic E-state index is 13.2. The van der Waals surface area contributed by atoms with E-state index in [-0.39, 0.29) is 17.7 Å². The van der Waals surface area contributed by atoms with Crippen LogP contribution in [0.1, 0.15) is 41.0 Å². The number of amides is 2. The average Bonchev–Trinajstić information content (AvgIpc) is 2.58. The van der Waals surface area contributed by atoms with Crippen molar-refractivity contribution in [2.24, 2.45) is 0 Å². The second-order valence-electron chi connectivity index (χ2n) is 8.11. The third kappa shape index (κ3) is 6.12. The van der Waals surface area contributed by atoms with Crippen LogP contribution in [0, 0.1) is 0 Å². The summed E-state index contributed by atoms with van der Waals surface area (Å²) in [6.45, 7) is 7.14. The third-order valence-electron chi connectivity index (χ3n) is 4.35. The molecule has 13 heteroatoms. The van der Waals surface area contributed by atoms with Crippen LogP contribution in [-0.2, 0) is 39.5 Å². The van der Waals surface area contributed by atoms with Crippen molar-refractivity contribution in [1.82, 2.24) is 10.2 Å². The van der Waals surface area contributed by atoms with Crippen molar-refractivity contribution in [2.45, 2.75) is 67.1 Å². The first-order chi connectivity index (χ1) is 14.0. The number of nitrogens with one attached hydrogen (secondary N) is 1. The molecule has 1 N–H and O–H groups in total. The minimum atomic E-state index is -1.88. The van der Waals surface area contributed by atoms with E-state index in [4.69, 9.17) is 44.3 Å². The fourth-order valence-corrected chi connectivity index (χ4v) is 5.35. The van der Waals surface area contributed by atoms with Gasteiger partial charge in [0.1, 0.15) is 29.3 Å². The van der Waals surface area contributed by atoms with Crippen LogP contribution in [0.4, 0.5) is 0 Å². The Balaban J connectivity index is 2.41. The molecule has 0 radical (unpaired) electrons. The Labute approximate surface area is 197 Å². The molecule has 0 aliphatic carbocycles. The van der Waals surface area contributed by atoms with Crippen LogP contribution in [0.25, 0.3) is 0 Å². The van der Waals surface area contributed by atoms with E-state index in [1.807, 2.05) is 0 Å². The Morgan fingerprint density at radius 3 is 2.26 bits per heavy atom. The minimum Gasteiger partial charge on any atom is -0.460 e. The van der Waals surface area contributed by atoms with Gasteiger partial charge in [-0.3, -0.25) is 23.5 Å². The molecule has 0 aromatic heterocycles. The summed E-state index contributed by atoms with van der Waals surface area (Å²) < 4.78 is 21.7. The number of β-lactam (4-membered cyclic amide) rings is 1. The quantitative estimate of drug-likeness (QED) is 0.335. The fourth-order valence-electron chi connectivity index (χ4n) is 3.22. The number of alkyl halides is 3. The molecule has 31 heavy (non-hydrogen) atoms. The number of halogens is 3. The largest absolute Gasteiger partial charge is 0.460 e. The van der Waals surface area contributed by atoms with Gasteiger partial charge in [0.2, 0.25) is 9.70 Å². The highest BCUT2D eigenvalue weighted by Gasteiger charge is 2.59. The van der Waals surface area contributed by atoms with Crippen molar-refractivity contribution >= 4 is 69.4 Å². The predicted molar refractivity (Wildman–Crippen MR) is 115 cm³/mol. The number of fused-ring (bicyclic) bond motifs is 1. The molecule has 2 rings (SSSR count). The van der Waals surface area contributed by atoms with Gasteiger partial charge in [0.15, 0.2) is 0 Å². The summed E-state index contributed by atoms with van der Waals surface area (Å²) >= 11 is 16.9. The van der Waals surface area contributed by atoms with E-state index in [1.165, 1.54) is 13.8 Å². The lowest BCUT2D eigenvalue weighted by Gasteiger charge is -2.50. The van der Waals surface area contributed by atoms with Crippen LogP contribution in [-0.4, -0.2) is 65.5 Å². The number of carbonyl (C=O) groups excluding carboxylic acids is 4. The zero-order chi connectivity index (χ0) is 23.9. The van der Waals surface area contributed by atoms with E-state index in [1.54, 1.807) is 20.8 Å². The maximum absolute atomic E-state index is 13.2. The molecule has 4 atom stereocenters. The normalized spacial score (nSPS) is 26.1. The average molecular weight is 518 g/mol. The van der Waals surface area contributed by atoms with Gasteiger partial charge in [-0.1, -0.05) is 34.8 Å². The van der Waals surface area contributed by atoms with Crippen LogP contribution in [0.3, 0.4) is 0 Å². The fraction of sp³-hybridized carbons (Fsp3) is 0.667. The third-order valence-corrected chi connectivity index (χ3v) is 6.72. The molecular formula is C18H23Cl3N2O7S. The molecule has 2 heterocycles. The van der Waals surface area contributed by atoms with E-state index < -0.39 is 67.2 Å². The Hall–Kier alpha value is -1.36. The van der Waals surface area contributed by atoms with Crippen molar-refractivity contribution in [2.75, 3.05) is 6.61 Å². The molecule has 0 spiro atoms. The first kappa shape index (κ1) is 25.9. The van der Waals surface area contributed by atoms with Gasteiger partial charge in [-0.25, -0.2) is 4.79 Å². The monoisotopic (exact) mass is 516 g/mol. The number of rotatable bonds is 5. The van der Waals surface area contributed by atoms with Crippen LogP contribution < -0.4 is 5.32 Å². The molecule has 0 aromatic carbocycles. The molecule has 174 valence electrons. The molecule has 0 aromatic rings. The Bertz CT molecular complexity index is 863. The molecule has 0 bridgehead atoms. The lowest BCUT2D eigenvalue weighted by atomic mass is 10.00. The highest BCUT2D eigenvalue weighted by molar-refractivity contribution is 7.86. The predicted octanol–water partition coefficient (Wildman–Crippen LogP) is 1.71. The first-order valence-electron chi connectivity index (χ1n) is 9.19. The van der Waals surface area contributed by atoms with Crippen molar-refractivity contribution in [3.8, 4) is 0 Å². The molecule has 2 aliphatic heterocycles.